The fourth-order valence-corrected chi connectivity index (χ4v) is 3.40. The summed E-state index contributed by atoms with van der Waals surface area (Å²) in [5.74, 6) is 0.876. The van der Waals surface area contributed by atoms with Crippen LogP contribution in [0.3, 0.4) is 0 Å². The number of rotatable bonds is 5. The van der Waals surface area contributed by atoms with Gasteiger partial charge in [0, 0.05) is 29.8 Å². The number of nitrogens with one attached hydrogen (secondary N) is 1. The maximum atomic E-state index is 12.5. The number of nitro benzene ring substituents is 1. The van der Waals surface area contributed by atoms with E-state index in [2.05, 4.69) is 12.2 Å². The van der Waals surface area contributed by atoms with Crippen molar-refractivity contribution in [1.82, 2.24) is 5.32 Å². The molecule has 0 bridgehead atoms. The van der Waals surface area contributed by atoms with Crippen molar-refractivity contribution in [3.8, 4) is 17.4 Å². The summed E-state index contributed by atoms with van der Waals surface area (Å²) in [5, 5.41) is 23.1. The summed E-state index contributed by atoms with van der Waals surface area (Å²) in [5.41, 5.74) is 0.655. The van der Waals surface area contributed by atoms with Crippen LogP contribution in [-0.2, 0) is 4.79 Å². The van der Waals surface area contributed by atoms with Crippen molar-refractivity contribution >= 4 is 17.7 Å². The number of amides is 1. The van der Waals surface area contributed by atoms with Crippen LogP contribution in [-0.4, -0.2) is 16.9 Å². The van der Waals surface area contributed by atoms with Gasteiger partial charge in [0.1, 0.15) is 23.2 Å². The number of hydrogen-bond acceptors (Lipinski definition) is 5. The molecule has 0 radical (unpaired) electrons. The monoisotopic (exact) mass is 379 g/mol. The maximum Gasteiger partial charge on any atom is 0.269 e. The van der Waals surface area contributed by atoms with Crippen LogP contribution in [0.5, 0.6) is 0 Å². The minimum absolute atomic E-state index is 0.00388. The average molecular weight is 379 g/mol. The fraction of sp³-hybridized carbons (Fsp3) is 0.333. The van der Waals surface area contributed by atoms with E-state index in [1.807, 2.05) is 6.07 Å². The van der Waals surface area contributed by atoms with Crippen molar-refractivity contribution in [2.24, 2.45) is 5.92 Å². The Bertz CT molecular complexity index is 937. The van der Waals surface area contributed by atoms with Gasteiger partial charge in [-0.05, 0) is 43.0 Å². The van der Waals surface area contributed by atoms with Crippen molar-refractivity contribution in [1.29, 1.82) is 5.26 Å². The molecule has 3 rings (SSSR count). The summed E-state index contributed by atoms with van der Waals surface area (Å²) in [6.07, 6.45) is 5.67. The number of furan rings is 1. The Morgan fingerprint density at radius 1 is 1.25 bits per heavy atom. The van der Waals surface area contributed by atoms with Gasteiger partial charge in [-0.1, -0.05) is 19.8 Å². The Morgan fingerprint density at radius 2 is 1.96 bits per heavy atom. The SMILES string of the molecule is C[C@@H]1CCCC[C@@H]1NC(=O)/C(C#N)=C/c1ccc(-c2ccc([N+](=O)[O-])cc2)o1. The molecule has 0 unspecified atom stereocenters. The van der Waals surface area contributed by atoms with E-state index in [0.29, 0.717) is 23.0 Å². The molecule has 0 aliphatic heterocycles. The highest BCUT2D eigenvalue weighted by Gasteiger charge is 2.24. The second kappa shape index (κ2) is 8.53. The van der Waals surface area contributed by atoms with Crippen molar-refractivity contribution in [3.05, 3.63) is 57.8 Å². The van der Waals surface area contributed by atoms with Crippen LogP contribution in [0.25, 0.3) is 17.4 Å². The fourth-order valence-electron chi connectivity index (χ4n) is 3.40. The molecule has 1 aromatic carbocycles. The van der Waals surface area contributed by atoms with Crippen molar-refractivity contribution in [2.75, 3.05) is 0 Å². The van der Waals surface area contributed by atoms with Gasteiger partial charge in [-0.25, -0.2) is 0 Å². The van der Waals surface area contributed by atoms with Gasteiger partial charge < -0.3 is 9.73 Å². The van der Waals surface area contributed by atoms with Crippen LogP contribution in [0.4, 0.5) is 5.69 Å². The Balaban J connectivity index is 1.73. The Hall–Kier alpha value is -3.40. The van der Waals surface area contributed by atoms with Gasteiger partial charge in [-0.15, -0.1) is 0 Å². The minimum Gasteiger partial charge on any atom is -0.457 e. The highest BCUT2D eigenvalue weighted by atomic mass is 16.6. The molecule has 7 heteroatoms. The van der Waals surface area contributed by atoms with E-state index in [9.17, 15) is 20.2 Å². The minimum atomic E-state index is -0.467. The Labute approximate surface area is 162 Å². The number of carbonyl (C=O) groups is 1. The first-order valence-corrected chi connectivity index (χ1v) is 9.25. The van der Waals surface area contributed by atoms with Crippen LogP contribution in [0.15, 0.2) is 46.4 Å². The molecule has 1 N–H and O–H groups in total. The van der Waals surface area contributed by atoms with Crippen molar-refractivity contribution < 1.29 is 14.1 Å². The molecule has 2 atom stereocenters. The molecule has 0 saturated heterocycles. The molecule has 7 nitrogen and oxygen atoms in total. The normalized spacial score (nSPS) is 19.6. The van der Waals surface area contributed by atoms with Gasteiger partial charge in [0.2, 0.25) is 0 Å². The molecule has 1 fully saturated rings. The predicted octanol–water partition coefficient (Wildman–Crippen LogP) is 4.46. The van der Waals surface area contributed by atoms with Crippen LogP contribution in [0.1, 0.15) is 38.4 Å². The summed E-state index contributed by atoms with van der Waals surface area (Å²) < 4.78 is 5.69. The number of carbonyl (C=O) groups excluding carboxylic acids is 1. The summed E-state index contributed by atoms with van der Waals surface area (Å²) in [7, 11) is 0. The smallest absolute Gasteiger partial charge is 0.269 e. The lowest BCUT2D eigenvalue weighted by Gasteiger charge is -2.29. The Kier molecular flexibility index (Phi) is 5.90. The molecule has 1 aliphatic carbocycles. The first kappa shape index (κ1) is 19.4. The first-order chi connectivity index (χ1) is 13.5. The maximum absolute atomic E-state index is 12.5. The molecule has 28 heavy (non-hydrogen) atoms. The summed E-state index contributed by atoms with van der Waals surface area (Å²) in [6.45, 7) is 2.11. The van der Waals surface area contributed by atoms with Crippen LogP contribution in [0.2, 0.25) is 0 Å². The van der Waals surface area contributed by atoms with E-state index in [-0.39, 0.29) is 17.3 Å². The van der Waals surface area contributed by atoms with E-state index in [0.717, 1.165) is 19.3 Å². The number of nitrogens with zero attached hydrogens (tertiary/aromatic N) is 2. The Morgan fingerprint density at radius 3 is 2.61 bits per heavy atom. The second-order valence-corrected chi connectivity index (χ2v) is 7.02. The standard InChI is InChI=1S/C21H21N3O4/c1-14-4-2-3-5-19(14)23-21(25)16(13-22)12-18-10-11-20(28-18)15-6-8-17(9-7-15)24(26)27/h6-12,14,19H,2-5H2,1H3,(H,23,25)/b16-12+/t14-,19+/m1/s1. The number of benzene rings is 1. The van der Waals surface area contributed by atoms with Gasteiger partial charge in [0.05, 0.1) is 4.92 Å². The van der Waals surface area contributed by atoms with E-state index in [1.54, 1.807) is 24.3 Å². The zero-order valence-electron chi connectivity index (χ0n) is 15.6. The third kappa shape index (κ3) is 4.46. The third-order valence-corrected chi connectivity index (χ3v) is 5.07. The zero-order valence-corrected chi connectivity index (χ0v) is 15.6. The molecule has 1 aliphatic rings. The third-order valence-electron chi connectivity index (χ3n) is 5.07. The van der Waals surface area contributed by atoms with Gasteiger partial charge >= 0.3 is 0 Å². The van der Waals surface area contributed by atoms with Gasteiger partial charge in [0.15, 0.2) is 0 Å². The molecular weight excluding hydrogens is 358 g/mol. The van der Waals surface area contributed by atoms with Crippen molar-refractivity contribution in [3.63, 3.8) is 0 Å². The second-order valence-electron chi connectivity index (χ2n) is 7.02. The molecule has 2 aromatic rings. The number of non-ortho nitro benzene ring substituents is 1. The molecule has 0 spiro atoms. The van der Waals surface area contributed by atoms with E-state index in [4.69, 9.17) is 4.42 Å². The van der Waals surface area contributed by atoms with Crippen LogP contribution in [0, 0.1) is 27.4 Å². The topological polar surface area (TPSA) is 109 Å². The summed E-state index contributed by atoms with van der Waals surface area (Å²) >= 11 is 0. The largest absolute Gasteiger partial charge is 0.457 e. The van der Waals surface area contributed by atoms with E-state index < -0.39 is 10.8 Å². The first-order valence-electron chi connectivity index (χ1n) is 9.25. The summed E-state index contributed by atoms with van der Waals surface area (Å²) in [4.78, 5) is 22.7. The van der Waals surface area contributed by atoms with Gasteiger partial charge in [-0.3, -0.25) is 14.9 Å². The molecule has 144 valence electrons. The van der Waals surface area contributed by atoms with E-state index in [1.165, 1.54) is 24.6 Å². The number of nitriles is 1. The van der Waals surface area contributed by atoms with Crippen LogP contribution < -0.4 is 5.32 Å². The van der Waals surface area contributed by atoms with Crippen molar-refractivity contribution in [2.45, 2.75) is 38.6 Å². The average Bonchev–Trinajstić information content (AvgIpc) is 3.16. The quantitative estimate of drug-likeness (QED) is 0.357. The van der Waals surface area contributed by atoms with E-state index >= 15 is 0 Å². The zero-order chi connectivity index (χ0) is 20.1. The molecule has 1 aromatic heterocycles. The lowest BCUT2D eigenvalue weighted by molar-refractivity contribution is -0.384. The predicted molar refractivity (Wildman–Crippen MR) is 104 cm³/mol. The van der Waals surface area contributed by atoms with Gasteiger partial charge in [-0.2, -0.15) is 5.26 Å². The highest BCUT2D eigenvalue weighted by Crippen LogP contribution is 2.26. The lowest BCUT2D eigenvalue weighted by atomic mass is 9.86. The molecule has 1 saturated carbocycles. The number of hydrogen-bond donors (Lipinski definition) is 1. The van der Waals surface area contributed by atoms with Gasteiger partial charge in [0.25, 0.3) is 11.6 Å². The van der Waals surface area contributed by atoms with Crippen LogP contribution >= 0.6 is 0 Å². The molecular formula is C21H21N3O4. The molecule has 1 amide bonds. The number of nitro groups is 1. The lowest BCUT2D eigenvalue weighted by Crippen LogP contribution is -2.41. The summed E-state index contributed by atoms with van der Waals surface area (Å²) in [6, 6.07) is 11.4. The molecule has 1 heterocycles. The highest BCUT2D eigenvalue weighted by molar-refractivity contribution is 6.01.